The molecule has 3 aromatic rings. The van der Waals surface area contributed by atoms with Crippen LogP contribution in [0.15, 0.2) is 64.8 Å². The van der Waals surface area contributed by atoms with Gasteiger partial charge in [0, 0.05) is 18.9 Å². The smallest absolute Gasteiger partial charge is 0.435 e. The van der Waals surface area contributed by atoms with E-state index < -0.39 is 52.3 Å². The average molecular weight is 669 g/mol. The highest BCUT2D eigenvalue weighted by Gasteiger charge is 2.36. The molecule has 2 unspecified atom stereocenters. The van der Waals surface area contributed by atoms with E-state index in [-0.39, 0.29) is 40.8 Å². The number of aryl methyl sites for hydroxylation is 1. The first-order valence-corrected chi connectivity index (χ1v) is 15.4. The maximum atomic E-state index is 13.5. The van der Waals surface area contributed by atoms with Gasteiger partial charge < -0.3 is 14.7 Å². The van der Waals surface area contributed by atoms with E-state index in [9.17, 15) is 36.4 Å². The van der Waals surface area contributed by atoms with Crippen molar-refractivity contribution in [2.45, 2.75) is 57.6 Å². The average Bonchev–Trinajstić information content (AvgIpc) is 3.64. The molecule has 1 fully saturated rings. The molecule has 1 aromatic heterocycles. The zero-order chi connectivity index (χ0) is 33.8. The number of amides is 1. The maximum absolute atomic E-state index is 13.5. The molecule has 2 atom stereocenters. The Bertz CT molecular complexity index is 1690. The summed E-state index contributed by atoms with van der Waals surface area (Å²) in [4.78, 5) is 28.6. The van der Waals surface area contributed by atoms with E-state index >= 15 is 0 Å². The van der Waals surface area contributed by atoms with Crippen molar-refractivity contribution in [2.24, 2.45) is 11.2 Å². The summed E-state index contributed by atoms with van der Waals surface area (Å²) in [6, 6.07) is 12.4. The number of esters is 1. The summed E-state index contributed by atoms with van der Waals surface area (Å²) in [5, 5.41) is 20.3. The number of hydrogen-bond donors (Lipinski definition) is 1. The summed E-state index contributed by atoms with van der Waals surface area (Å²) >= 11 is 0. The predicted molar refractivity (Wildman–Crippen MR) is 153 cm³/mol. The van der Waals surface area contributed by atoms with Crippen molar-refractivity contribution < 1.29 is 50.5 Å². The van der Waals surface area contributed by atoms with Gasteiger partial charge in [0.1, 0.15) is 12.6 Å². The fourth-order valence-electron chi connectivity index (χ4n) is 4.20. The summed E-state index contributed by atoms with van der Waals surface area (Å²) in [5.41, 5.74) is 0.515. The van der Waals surface area contributed by atoms with Gasteiger partial charge in [0.25, 0.3) is 16.3 Å². The predicted octanol–water partition coefficient (Wildman–Crippen LogP) is 4.71. The number of carbonyl (C=O) groups is 2. The van der Waals surface area contributed by atoms with Crippen LogP contribution in [0.5, 0.6) is 0 Å². The molecule has 0 spiro atoms. The monoisotopic (exact) mass is 668 g/mol. The highest BCUT2D eigenvalue weighted by Crippen LogP contribution is 2.33. The highest BCUT2D eigenvalue weighted by molar-refractivity contribution is 7.90. The van der Waals surface area contributed by atoms with Gasteiger partial charge in [0.05, 0.1) is 33.7 Å². The Morgan fingerprint density at radius 2 is 1.76 bits per heavy atom. The molecule has 0 bridgehead atoms. The minimum Gasteiger partial charge on any atom is -0.569 e. The molecule has 0 radical (unpaired) electrons. The molecule has 14 nitrogen and oxygen atoms in total. The van der Waals surface area contributed by atoms with Gasteiger partial charge in [-0.05, 0) is 37.3 Å². The first-order valence-electron chi connectivity index (χ1n) is 13.9. The lowest BCUT2D eigenvalue weighted by molar-refractivity contribution is -0.709. The number of carbonyl (C=O) groups excluding carboxylic acids is 2. The Hall–Kier alpha value is -4.87. The number of rotatable bonds is 10. The van der Waals surface area contributed by atoms with E-state index in [2.05, 4.69) is 10.4 Å². The molecule has 0 aliphatic carbocycles. The van der Waals surface area contributed by atoms with Crippen LogP contribution in [0.4, 0.5) is 18.0 Å². The third kappa shape index (κ3) is 8.43. The Balaban J connectivity index is 1.38. The summed E-state index contributed by atoms with van der Waals surface area (Å²) < 4.78 is 79.1. The maximum Gasteiger partial charge on any atom is 0.435 e. The fourth-order valence-corrected chi connectivity index (χ4v) is 5.08. The van der Waals surface area contributed by atoms with Gasteiger partial charge in [0.15, 0.2) is 5.69 Å². The van der Waals surface area contributed by atoms with Gasteiger partial charge in [-0.3, -0.25) is 9.63 Å². The minimum absolute atomic E-state index is 0.0940. The topological polar surface area (TPSA) is 167 Å². The number of hydrogen-bond acceptors (Lipinski definition) is 10. The standard InChI is InChI=1S/C28H31F3N6O8S/c1-17(2)26(38)43-19(4)45-34-37(40)35-14-13-22(16-35)44-27(39)33-46(41,42)23-11-9-21(10-12-23)36-24(15-25(32-36)28(29,30)31)20-7-5-18(3)6-8-20/h5-12,15,17,19,22H,13-14,16H2,1-4H3,(H,33,39)/b37-34-. The van der Waals surface area contributed by atoms with Crippen LogP contribution in [0, 0.1) is 18.0 Å². The van der Waals surface area contributed by atoms with Crippen molar-refractivity contribution >= 4 is 22.1 Å². The van der Waals surface area contributed by atoms with Crippen molar-refractivity contribution in [3.63, 3.8) is 0 Å². The molecule has 1 aliphatic heterocycles. The number of halogens is 3. The second-order valence-electron chi connectivity index (χ2n) is 10.6. The molecular weight excluding hydrogens is 637 g/mol. The van der Waals surface area contributed by atoms with Crippen LogP contribution < -0.4 is 4.72 Å². The number of alkyl halides is 3. The molecule has 1 saturated heterocycles. The molecule has 2 heterocycles. The summed E-state index contributed by atoms with van der Waals surface area (Å²) in [6.07, 6.45) is -7.85. The van der Waals surface area contributed by atoms with Crippen LogP contribution in [0.2, 0.25) is 0 Å². The quantitative estimate of drug-likeness (QED) is 0.105. The van der Waals surface area contributed by atoms with Crippen LogP contribution in [-0.4, -0.2) is 65.7 Å². The zero-order valence-corrected chi connectivity index (χ0v) is 25.9. The number of sulfonamides is 1. The van der Waals surface area contributed by atoms with Gasteiger partial charge in [-0.25, -0.2) is 22.6 Å². The lowest BCUT2D eigenvalue weighted by Crippen LogP contribution is -2.36. The number of nitrogens with one attached hydrogen (secondary N) is 1. The molecule has 1 N–H and O–H groups in total. The third-order valence-electron chi connectivity index (χ3n) is 6.61. The van der Waals surface area contributed by atoms with Crippen LogP contribution in [-0.2, 0) is 35.3 Å². The Morgan fingerprint density at radius 1 is 1.11 bits per heavy atom. The van der Waals surface area contributed by atoms with Crippen molar-refractivity contribution in [2.75, 3.05) is 13.1 Å². The molecule has 2 aromatic carbocycles. The lowest BCUT2D eigenvalue weighted by atomic mass is 10.1. The highest BCUT2D eigenvalue weighted by atomic mass is 32.2. The van der Waals surface area contributed by atoms with E-state index in [1.807, 2.05) is 6.92 Å². The third-order valence-corrected chi connectivity index (χ3v) is 7.94. The first kappa shape index (κ1) is 34.0. The Labute approximate surface area is 261 Å². The number of ether oxygens (including phenoxy) is 2. The van der Waals surface area contributed by atoms with Gasteiger partial charge >= 0.3 is 18.2 Å². The van der Waals surface area contributed by atoms with Crippen molar-refractivity contribution in [3.05, 3.63) is 71.1 Å². The minimum atomic E-state index is -4.72. The zero-order valence-electron chi connectivity index (χ0n) is 25.1. The summed E-state index contributed by atoms with van der Waals surface area (Å²) in [5.74, 6) is -0.952. The molecule has 248 valence electrons. The van der Waals surface area contributed by atoms with E-state index in [4.69, 9.17) is 14.3 Å². The Kier molecular flexibility index (Phi) is 10.1. The van der Waals surface area contributed by atoms with Gasteiger partial charge in [-0.1, -0.05) is 43.7 Å². The van der Waals surface area contributed by atoms with E-state index in [1.165, 1.54) is 19.1 Å². The Morgan fingerprint density at radius 3 is 2.37 bits per heavy atom. The molecule has 4 rings (SSSR count). The van der Waals surface area contributed by atoms with E-state index in [0.29, 0.717) is 5.56 Å². The van der Waals surface area contributed by atoms with Crippen molar-refractivity contribution in [1.29, 1.82) is 0 Å². The van der Waals surface area contributed by atoms with Crippen LogP contribution in [0.3, 0.4) is 0 Å². The van der Waals surface area contributed by atoms with Gasteiger partial charge in [0.2, 0.25) is 5.28 Å². The number of aromatic nitrogens is 2. The van der Waals surface area contributed by atoms with E-state index in [0.717, 1.165) is 33.5 Å². The molecule has 1 amide bonds. The number of nitrogens with zero attached hydrogens (tertiary/aromatic N) is 5. The van der Waals surface area contributed by atoms with Crippen LogP contribution in [0.1, 0.15) is 38.4 Å². The molecular formula is C28H31F3N6O8S. The van der Waals surface area contributed by atoms with Crippen LogP contribution >= 0.6 is 0 Å². The lowest BCUT2D eigenvalue weighted by Gasteiger charge is -2.15. The molecule has 46 heavy (non-hydrogen) atoms. The number of hydrazine groups is 1. The SMILES string of the molecule is Cc1ccc(-c2cc(C(F)(F)F)nn2-c2ccc(S(=O)(=O)NC(=O)OC3CCN(/[N+]([O-])=N/OC(C)OC(=O)C(C)C)C3)cc2)cc1. The molecule has 0 saturated carbocycles. The van der Waals surface area contributed by atoms with E-state index in [1.54, 1.807) is 42.8 Å². The van der Waals surface area contributed by atoms with Crippen molar-refractivity contribution in [1.82, 2.24) is 19.5 Å². The van der Waals surface area contributed by atoms with Crippen LogP contribution in [0.25, 0.3) is 16.9 Å². The fraction of sp³-hybridized carbons (Fsp3) is 0.393. The first-order chi connectivity index (χ1) is 21.5. The molecule has 1 aliphatic rings. The molecule has 18 heteroatoms. The second-order valence-corrected chi connectivity index (χ2v) is 12.3. The largest absolute Gasteiger partial charge is 0.569 e. The number of benzene rings is 2. The summed E-state index contributed by atoms with van der Waals surface area (Å²) in [7, 11) is -4.45. The normalized spacial score (nSPS) is 16.3. The second kappa shape index (κ2) is 13.6. The van der Waals surface area contributed by atoms with Gasteiger partial charge in [-0.15, -0.1) is 5.01 Å². The van der Waals surface area contributed by atoms with Crippen molar-refractivity contribution in [3.8, 4) is 16.9 Å². The summed E-state index contributed by atoms with van der Waals surface area (Å²) in [6.45, 7) is 6.41. The van der Waals surface area contributed by atoms with Gasteiger partial charge in [-0.2, -0.15) is 18.3 Å².